The Morgan fingerprint density at radius 3 is 2.24 bits per heavy atom. The van der Waals surface area contributed by atoms with Crippen molar-refractivity contribution >= 4 is 17.5 Å². The van der Waals surface area contributed by atoms with Gasteiger partial charge in [-0.15, -0.1) is 0 Å². The third-order valence-electron chi connectivity index (χ3n) is 3.38. The summed E-state index contributed by atoms with van der Waals surface area (Å²) in [7, 11) is 5.14. The maximum atomic E-state index is 12.2. The van der Waals surface area contributed by atoms with Crippen molar-refractivity contribution in [2.24, 2.45) is 5.73 Å². The Kier molecular flexibility index (Phi) is 6.33. The van der Waals surface area contributed by atoms with Gasteiger partial charge in [-0.3, -0.25) is 14.5 Å². The minimum Gasteiger partial charge on any atom is -0.348 e. The molecule has 1 unspecified atom stereocenters. The van der Waals surface area contributed by atoms with Gasteiger partial charge in [-0.05, 0) is 31.7 Å². The van der Waals surface area contributed by atoms with E-state index >= 15 is 0 Å². The number of rotatable bonds is 6. The van der Waals surface area contributed by atoms with Crippen LogP contribution in [0.3, 0.4) is 0 Å². The van der Waals surface area contributed by atoms with E-state index in [4.69, 9.17) is 5.73 Å². The fraction of sp³-hybridized carbons (Fsp3) is 0.467. The lowest BCUT2D eigenvalue weighted by molar-refractivity contribution is -0.131. The van der Waals surface area contributed by atoms with Gasteiger partial charge in [-0.1, -0.05) is 12.1 Å². The molecule has 0 spiro atoms. The SMILES string of the molecule is CC(C(=O)Nc1ccc(CN)cc1)N(C)CC(=O)N(C)C. The maximum absolute atomic E-state index is 12.2. The highest BCUT2D eigenvalue weighted by molar-refractivity contribution is 5.94. The fourth-order valence-corrected chi connectivity index (χ4v) is 1.66. The first-order valence-corrected chi connectivity index (χ1v) is 6.85. The van der Waals surface area contributed by atoms with Crippen LogP contribution < -0.4 is 11.1 Å². The molecule has 0 heterocycles. The van der Waals surface area contributed by atoms with Crippen molar-refractivity contribution in [2.45, 2.75) is 19.5 Å². The van der Waals surface area contributed by atoms with Gasteiger partial charge in [0, 0.05) is 26.3 Å². The molecule has 0 saturated heterocycles. The van der Waals surface area contributed by atoms with E-state index in [-0.39, 0.29) is 18.4 Å². The summed E-state index contributed by atoms with van der Waals surface area (Å²) in [4.78, 5) is 27.0. The van der Waals surface area contributed by atoms with Crippen molar-refractivity contribution in [3.63, 3.8) is 0 Å². The number of nitrogens with zero attached hydrogens (tertiary/aromatic N) is 2. The van der Waals surface area contributed by atoms with Crippen molar-refractivity contribution < 1.29 is 9.59 Å². The number of hydrogen-bond acceptors (Lipinski definition) is 4. The molecule has 0 fully saturated rings. The number of nitrogens with two attached hydrogens (primary N) is 1. The zero-order valence-corrected chi connectivity index (χ0v) is 13.1. The number of carbonyl (C=O) groups excluding carboxylic acids is 2. The molecular formula is C15H24N4O2. The summed E-state index contributed by atoms with van der Waals surface area (Å²) in [6.07, 6.45) is 0. The lowest BCUT2D eigenvalue weighted by Gasteiger charge is -2.24. The second kappa shape index (κ2) is 7.75. The van der Waals surface area contributed by atoms with Crippen molar-refractivity contribution in [1.29, 1.82) is 0 Å². The minimum absolute atomic E-state index is 0.0375. The Morgan fingerprint density at radius 1 is 1.19 bits per heavy atom. The first-order chi connectivity index (χ1) is 9.85. The van der Waals surface area contributed by atoms with Crippen LogP contribution >= 0.6 is 0 Å². The van der Waals surface area contributed by atoms with Gasteiger partial charge in [0.15, 0.2) is 0 Å². The first kappa shape index (κ1) is 17.1. The van der Waals surface area contributed by atoms with E-state index in [1.54, 1.807) is 33.0 Å². The molecule has 1 rings (SSSR count). The van der Waals surface area contributed by atoms with Gasteiger partial charge in [0.1, 0.15) is 0 Å². The molecule has 3 N–H and O–H groups in total. The van der Waals surface area contributed by atoms with Crippen molar-refractivity contribution in [2.75, 3.05) is 33.0 Å². The normalized spacial score (nSPS) is 12.1. The summed E-state index contributed by atoms with van der Waals surface area (Å²) >= 11 is 0. The topological polar surface area (TPSA) is 78.7 Å². The van der Waals surface area contributed by atoms with E-state index in [0.29, 0.717) is 6.54 Å². The molecule has 0 aliphatic carbocycles. The van der Waals surface area contributed by atoms with Crippen molar-refractivity contribution in [3.8, 4) is 0 Å². The predicted octanol–water partition coefficient (Wildman–Crippen LogP) is 0.492. The second-order valence-electron chi connectivity index (χ2n) is 5.27. The van der Waals surface area contributed by atoms with Crippen LogP contribution in [-0.4, -0.2) is 55.3 Å². The highest BCUT2D eigenvalue weighted by Crippen LogP contribution is 2.10. The van der Waals surface area contributed by atoms with E-state index in [0.717, 1.165) is 11.3 Å². The zero-order chi connectivity index (χ0) is 16.0. The van der Waals surface area contributed by atoms with E-state index in [1.165, 1.54) is 4.90 Å². The van der Waals surface area contributed by atoms with Gasteiger partial charge in [0.2, 0.25) is 11.8 Å². The van der Waals surface area contributed by atoms with Gasteiger partial charge in [0.05, 0.1) is 12.6 Å². The van der Waals surface area contributed by atoms with E-state index in [2.05, 4.69) is 5.32 Å². The van der Waals surface area contributed by atoms with Crippen LogP contribution in [0.5, 0.6) is 0 Å². The summed E-state index contributed by atoms with van der Waals surface area (Å²) in [5.74, 6) is -0.186. The Hall–Kier alpha value is -1.92. The predicted molar refractivity (Wildman–Crippen MR) is 83.7 cm³/mol. The van der Waals surface area contributed by atoms with Crippen LogP contribution in [0.15, 0.2) is 24.3 Å². The fourth-order valence-electron chi connectivity index (χ4n) is 1.66. The molecule has 1 aromatic rings. The molecule has 1 atom stereocenters. The number of hydrogen-bond donors (Lipinski definition) is 2. The molecule has 1 aromatic carbocycles. The summed E-state index contributed by atoms with van der Waals surface area (Å²) in [6.45, 7) is 2.44. The number of carbonyl (C=O) groups is 2. The van der Waals surface area contributed by atoms with Crippen LogP contribution in [0, 0.1) is 0 Å². The Labute approximate surface area is 125 Å². The molecule has 0 saturated carbocycles. The van der Waals surface area contributed by atoms with Crippen LogP contribution in [0.1, 0.15) is 12.5 Å². The highest BCUT2D eigenvalue weighted by atomic mass is 16.2. The lowest BCUT2D eigenvalue weighted by atomic mass is 10.2. The standard InChI is InChI=1S/C15H24N4O2/c1-11(19(4)10-14(20)18(2)3)15(21)17-13-7-5-12(9-16)6-8-13/h5-8,11H,9-10,16H2,1-4H3,(H,17,21). The monoisotopic (exact) mass is 292 g/mol. The maximum Gasteiger partial charge on any atom is 0.241 e. The molecule has 0 aliphatic heterocycles. The van der Waals surface area contributed by atoms with E-state index in [9.17, 15) is 9.59 Å². The molecule has 6 heteroatoms. The van der Waals surface area contributed by atoms with Gasteiger partial charge in [-0.25, -0.2) is 0 Å². The smallest absolute Gasteiger partial charge is 0.241 e. The molecule has 21 heavy (non-hydrogen) atoms. The number of amides is 2. The largest absolute Gasteiger partial charge is 0.348 e. The van der Waals surface area contributed by atoms with Gasteiger partial charge < -0.3 is 16.0 Å². The molecule has 2 amide bonds. The lowest BCUT2D eigenvalue weighted by Crippen LogP contribution is -2.44. The number of nitrogens with one attached hydrogen (secondary N) is 1. The number of anilines is 1. The molecule has 116 valence electrons. The molecule has 0 aromatic heterocycles. The molecule has 0 bridgehead atoms. The summed E-state index contributed by atoms with van der Waals surface area (Å²) in [5, 5.41) is 2.83. The van der Waals surface area contributed by atoms with Crippen molar-refractivity contribution in [3.05, 3.63) is 29.8 Å². The van der Waals surface area contributed by atoms with Crippen LogP contribution in [0.25, 0.3) is 0 Å². The van der Waals surface area contributed by atoms with Crippen LogP contribution in [0.4, 0.5) is 5.69 Å². The third-order valence-corrected chi connectivity index (χ3v) is 3.38. The van der Waals surface area contributed by atoms with Crippen LogP contribution in [0.2, 0.25) is 0 Å². The second-order valence-corrected chi connectivity index (χ2v) is 5.27. The first-order valence-electron chi connectivity index (χ1n) is 6.85. The van der Waals surface area contributed by atoms with E-state index in [1.807, 2.05) is 24.3 Å². The minimum atomic E-state index is -0.400. The van der Waals surface area contributed by atoms with Gasteiger partial charge >= 0.3 is 0 Å². The van der Waals surface area contributed by atoms with Crippen LogP contribution in [-0.2, 0) is 16.1 Å². The molecular weight excluding hydrogens is 268 g/mol. The zero-order valence-electron chi connectivity index (χ0n) is 13.1. The number of likely N-dealkylation sites (N-methyl/N-ethyl adjacent to an activating group) is 2. The average Bonchev–Trinajstić information content (AvgIpc) is 2.46. The Morgan fingerprint density at radius 2 is 1.76 bits per heavy atom. The highest BCUT2D eigenvalue weighted by Gasteiger charge is 2.20. The van der Waals surface area contributed by atoms with E-state index < -0.39 is 6.04 Å². The Balaban J connectivity index is 2.58. The molecule has 6 nitrogen and oxygen atoms in total. The molecule has 0 radical (unpaired) electrons. The summed E-state index contributed by atoms with van der Waals surface area (Å²) in [6, 6.07) is 6.98. The Bertz CT molecular complexity index is 485. The van der Waals surface area contributed by atoms with Crippen molar-refractivity contribution in [1.82, 2.24) is 9.80 Å². The summed E-state index contributed by atoms with van der Waals surface area (Å²) < 4.78 is 0. The van der Waals surface area contributed by atoms with Gasteiger partial charge in [0.25, 0.3) is 0 Å². The number of benzene rings is 1. The molecule has 0 aliphatic rings. The third kappa shape index (κ3) is 5.17. The van der Waals surface area contributed by atoms with Gasteiger partial charge in [-0.2, -0.15) is 0 Å². The average molecular weight is 292 g/mol. The quantitative estimate of drug-likeness (QED) is 0.800. The summed E-state index contributed by atoms with van der Waals surface area (Å²) in [5.41, 5.74) is 7.26.